The maximum absolute atomic E-state index is 12.1. The number of ether oxygens (including phenoxy) is 3. The molecular weight excluding hydrogens is 398 g/mol. The second-order valence-corrected chi connectivity index (χ2v) is 9.33. The predicted octanol–water partition coefficient (Wildman–Crippen LogP) is 1.73. The molecule has 29 heavy (non-hydrogen) atoms. The van der Waals surface area contributed by atoms with Crippen LogP contribution in [0.25, 0.3) is 6.08 Å². The molecule has 0 aliphatic carbocycles. The van der Waals surface area contributed by atoms with Crippen molar-refractivity contribution < 1.29 is 32.2 Å². The van der Waals surface area contributed by atoms with Crippen molar-refractivity contribution in [3.63, 3.8) is 0 Å². The van der Waals surface area contributed by atoms with E-state index in [0.29, 0.717) is 23.5 Å². The van der Waals surface area contributed by atoms with Crippen LogP contribution in [0.5, 0.6) is 11.5 Å². The first kappa shape index (κ1) is 22.7. The number of nitrogens with one attached hydrogen (secondary N) is 1. The van der Waals surface area contributed by atoms with Crippen LogP contribution < -0.4 is 14.8 Å². The van der Waals surface area contributed by atoms with Crippen molar-refractivity contribution in [2.24, 2.45) is 0 Å². The van der Waals surface area contributed by atoms with Gasteiger partial charge in [0.2, 0.25) is 0 Å². The molecule has 1 saturated heterocycles. The van der Waals surface area contributed by atoms with Gasteiger partial charge >= 0.3 is 5.97 Å². The zero-order chi connectivity index (χ0) is 21.6. The summed E-state index contributed by atoms with van der Waals surface area (Å²) in [7, 11) is -1.57. The molecule has 9 heteroatoms. The van der Waals surface area contributed by atoms with E-state index in [1.807, 2.05) is 13.8 Å². The first-order chi connectivity index (χ1) is 13.6. The fourth-order valence-corrected chi connectivity index (χ4v) is 4.47. The third kappa shape index (κ3) is 7.08. The minimum Gasteiger partial charge on any atom is -0.493 e. The third-order valence-corrected chi connectivity index (χ3v) is 5.97. The van der Waals surface area contributed by atoms with Crippen LogP contribution >= 0.6 is 0 Å². The molecule has 0 aromatic heterocycles. The molecule has 8 nitrogen and oxygen atoms in total. The maximum atomic E-state index is 12.1. The van der Waals surface area contributed by atoms with Gasteiger partial charge in [-0.15, -0.1) is 0 Å². The van der Waals surface area contributed by atoms with E-state index < -0.39 is 33.9 Å². The minimum atomic E-state index is -3.10. The summed E-state index contributed by atoms with van der Waals surface area (Å²) < 4.78 is 38.9. The molecule has 160 valence electrons. The van der Waals surface area contributed by atoms with Crippen LogP contribution in [0.4, 0.5) is 0 Å². The highest BCUT2D eigenvalue weighted by Gasteiger charge is 2.30. The van der Waals surface area contributed by atoms with Gasteiger partial charge in [0.15, 0.2) is 27.4 Å². The summed E-state index contributed by atoms with van der Waals surface area (Å²) >= 11 is 0. The Morgan fingerprint density at radius 3 is 2.52 bits per heavy atom. The average molecular weight is 426 g/mol. The first-order valence-electron chi connectivity index (χ1n) is 9.34. The van der Waals surface area contributed by atoms with Gasteiger partial charge in [0, 0.05) is 12.1 Å². The molecule has 0 radical (unpaired) electrons. The van der Waals surface area contributed by atoms with Crippen molar-refractivity contribution in [3.8, 4) is 11.5 Å². The van der Waals surface area contributed by atoms with Crippen molar-refractivity contribution >= 4 is 27.8 Å². The molecule has 0 spiro atoms. The summed E-state index contributed by atoms with van der Waals surface area (Å²) in [6.45, 7) is 5.25. The van der Waals surface area contributed by atoms with Gasteiger partial charge in [-0.25, -0.2) is 13.2 Å². The largest absolute Gasteiger partial charge is 0.493 e. The summed E-state index contributed by atoms with van der Waals surface area (Å²) in [5.74, 6) is -0.106. The molecule has 2 atom stereocenters. The highest BCUT2D eigenvalue weighted by Crippen LogP contribution is 2.29. The van der Waals surface area contributed by atoms with Crippen molar-refractivity contribution in [1.29, 1.82) is 0 Å². The van der Waals surface area contributed by atoms with E-state index in [2.05, 4.69) is 5.32 Å². The van der Waals surface area contributed by atoms with Gasteiger partial charge in [-0.2, -0.15) is 0 Å². The van der Waals surface area contributed by atoms with Crippen LogP contribution in [-0.2, 0) is 24.2 Å². The Labute approximate surface area is 171 Å². The molecule has 1 aromatic carbocycles. The number of hydrogen-bond acceptors (Lipinski definition) is 7. The molecule has 2 rings (SSSR count). The Bertz CT molecular complexity index is 877. The molecule has 0 saturated carbocycles. The van der Waals surface area contributed by atoms with E-state index in [4.69, 9.17) is 14.2 Å². The number of rotatable bonds is 8. The Kier molecular flexibility index (Phi) is 7.66. The van der Waals surface area contributed by atoms with E-state index >= 15 is 0 Å². The van der Waals surface area contributed by atoms with Crippen LogP contribution in [-0.4, -0.2) is 57.2 Å². The molecule has 1 amide bonds. The number of benzene rings is 1. The third-order valence-electron chi connectivity index (χ3n) is 4.20. The zero-order valence-electron chi connectivity index (χ0n) is 17.0. The van der Waals surface area contributed by atoms with Crippen LogP contribution in [0, 0.1) is 0 Å². The number of amides is 1. The lowest BCUT2D eigenvalue weighted by molar-refractivity contribution is -0.150. The van der Waals surface area contributed by atoms with Gasteiger partial charge in [-0.05, 0) is 51.0 Å². The van der Waals surface area contributed by atoms with Crippen LogP contribution in [0.15, 0.2) is 24.3 Å². The lowest BCUT2D eigenvalue weighted by atomic mass is 10.2. The summed E-state index contributed by atoms with van der Waals surface area (Å²) in [6.07, 6.45) is 2.08. The number of esters is 1. The number of methoxy groups -OCH3 is 1. The number of carbonyl (C=O) groups excluding carboxylic acids is 2. The van der Waals surface area contributed by atoms with Crippen LogP contribution in [0.3, 0.4) is 0 Å². The van der Waals surface area contributed by atoms with Gasteiger partial charge in [0.25, 0.3) is 5.91 Å². The topological polar surface area (TPSA) is 108 Å². The Hall–Kier alpha value is -2.55. The molecule has 0 bridgehead atoms. The van der Waals surface area contributed by atoms with Gasteiger partial charge in [-0.3, -0.25) is 4.79 Å². The molecule has 1 aromatic rings. The summed E-state index contributed by atoms with van der Waals surface area (Å²) in [6, 6.07) is 4.79. The highest BCUT2D eigenvalue weighted by atomic mass is 32.2. The normalized spacial score (nSPS) is 19.1. The maximum Gasteiger partial charge on any atom is 0.331 e. The van der Waals surface area contributed by atoms with Crippen molar-refractivity contribution in [3.05, 3.63) is 29.8 Å². The molecule has 0 unspecified atom stereocenters. The van der Waals surface area contributed by atoms with E-state index in [-0.39, 0.29) is 17.6 Å². The minimum absolute atomic E-state index is 0.00255. The summed E-state index contributed by atoms with van der Waals surface area (Å²) in [5.41, 5.74) is 0.697. The molecule has 1 heterocycles. The quantitative estimate of drug-likeness (QED) is 0.499. The standard InChI is InChI=1S/C20H27NO7S/c1-13(2)27-17-7-5-15(11-18(17)26-4)6-8-19(22)28-14(3)20(23)21-16-9-10-29(24,25)12-16/h5-8,11,13-14,16H,9-10,12H2,1-4H3,(H,21,23)/b8-6+/t14-,16+/m1/s1. The fraction of sp³-hybridized carbons (Fsp3) is 0.500. The van der Waals surface area contributed by atoms with Crippen molar-refractivity contribution in [2.45, 2.75) is 45.4 Å². The van der Waals surface area contributed by atoms with Gasteiger partial charge in [0.05, 0.1) is 24.7 Å². The fourth-order valence-electron chi connectivity index (χ4n) is 2.80. The Morgan fingerprint density at radius 2 is 1.93 bits per heavy atom. The smallest absolute Gasteiger partial charge is 0.331 e. The van der Waals surface area contributed by atoms with Gasteiger partial charge in [-0.1, -0.05) is 6.07 Å². The lowest BCUT2D eigenvalue weighted by Crippen LogP contribution is -2.42. The SMILES string of the molecule is COc1cc(/C=C/C(=O)O[C@H](C)C(=O)N[C@H]2CCS(=O)(=O)C2)ccc1OC(C)C. The lowest BCUT2D eigenvalue weighted by Gasteiger charge is -2.15. The monoisotopic (exact) mass is 425 g/mol. The molecular formula is C20H27NO7S. The van der Waals surface area contributed by atoms with Crippen molar-refractivity contribution in [1.82, 2.24) is 5.32 Å². The highest BCUT2D eigenvalue weighted by molar-refractivity contribution is 7.91. The second kappa shape index (κ2) is 9.78. The van der Waals surface area contributed by atoms with Crippen LogP contribution in [0.2, 0.25) is 0 Å². The van der Waals surface area contributed by atoms with Gasteiger partial charge in [0.1, 0.15) is 0 Å². The first-order valence-corrected chi connectivity index (χ1v) is 11.2. The molecule has 1 aliphatic heterocycles. The molecule has 1 fully saturated rings. The van der Waals surface area contributed by atoms with Crippen LogP contribution in [0.1, 0.15) is 32.8 Å². The molecule has 1 N–H and O–H groups in total. The Morgan fingerprint density at radius 1 is 1.21 bits per heavy atom. The summed E-state index contributed by atoms with van der Waals surface area (Å²) in [4.78, 5) is 24.1. The van der Waals surface area contributed by atoms with E-state index in [0.717, 1.165) is 0 Å². The number of sulfone groups is 1. The second-order valence-electron chi connectivity index (χ2n) is 7.10. The van der Waals surface area contributed by atoms with Gasteiger partial charge < -0.3 is 19.5 Å². The summed E-state index contributed by atoms with van der Waals surface area (Å²) in [5, 5.41) is 2.60. The van der Waals surface area contributed by atoms with E-state index in [9.17, 15) is 18.0 Å². The average Bonchev–Trinajstić information content (AvgIpc) is 2.98. The number of carbonyl (C=O) groups is 2. The number of hydrogen-bond donors (Lipinski definition) is 1. The van der Waals surface area contributed by atoms with Crippen molar-refractivity contribution in [2.75, 3.05) is 18.6 Å². The van der Waals surface area contributed by atoms with E-state index in [1.165, 1.54) is 26.2 Å². The zero-order valence-corrected chi connectivity index (χ0v) is 17.8. The molecule has 1 aliphatic rings. The predicted molar refractivity (Wildman–Crippen MR) is 109 cm³/mol. The van der Waals surface area contributed by atoms with E-state index in [1.54, 1.807) is 18.2 Å². The Balaban J connectivity index is 1.90.